The SMILES string of the molecule is Cc1n[nH]c(C)c1C(=O)Nc1ccc(F)c(N)c1. The highest BCUT2D eigenvalue weighted by molar-refractivity contribution is 6.05. The predicted molar refractivity (Wildman–Crippen MR) is 66.8 cm³/mol. The maximum absolute atomic E-state index is 13.0. The molecule has 0 radical (unpaired) electrons. The third-order valence-corrected chi connectivity index (χ3v) is 2.61. The van der Waals surface area contributed by atoms with E-state index in [2.05, 4.69) is 15.5 Å². The number of H-pyrrole nitrogens is 1. The third-order valence-electron chi connectivity index (χ3n) is 2.61. The van der Waals surface area contributed by atoms with Crippen molar-refractivity contribution in [1.29, 1.82) is 0 Å². The van der Waals surface area contributed by atoms with E-state index in [1.165, 1.54) is 18.2 Å². The molecule has 0 saturated heterocycles. The lowest BCUT2D eigenvalue weighted by Crippen LogP contribution is -2.14. The highest BCUT2D eigenvalue weighted by Crippen LogP contribution is 2.18. The molecule has 2 aromatic rings. The van der Waals surface area contributed by atoms with Gasteiger partial charge in [-0.3, -0.25) is 9.89 Å². The van der Waals surface area contributed by atoms with Crippen molar-refractivity contribution < 1.29 is 9.18 Å². The Morgan fingerprint density at radius 2 is 2.17 bits per heavy atom. The first-order chi connectivity index (χ1) is 8.49. The van der Waals surface area contributed by atoms with E-state index < -0.39 is 5.82 Å². The van der Waals surface area contributed by atoms with E-state index in [-0.39, 0.29) is 11.6 Å². The number of rotatable bonds is 2. The van der Waals surface area contributed by atoms with Crippen LogP contribution in [0.3, 0.4) is 0 Å². The van der Waals surface area contributed by atoms with Crippen LogP contribution < -0.4 is 11.1 Å². The van der Waals surface area contributed by atoms with Crippen LogP contribution in [0.4, 0.5) is 15.8 Å². The molecule has 94 valence electrons. The Kier molecular flexibility index (Phi) is 3.01. The van der Waals surface area contributed by atoms with Crippen LogP contribution in [0.5, 0.6) is 0 Å². The molecule has 2 rings (SSSR count). The standard InChI is InChI=1S/C12H13FN4O/c1-6-11(7(2)17-16-6)12(18)15-8-3-4-9(13)10(14)5-8/h3-5H,14H2,1-2H3,(H,15,18)(H,16,17). The molecule has 0 aliphatic heterocycles. The number of anilines is 2. The Balaban J connectivity index is 2.24. The number of aromatic amines is 1. The first-order valence-electron chi connectivity index (χ1n) is 5.37. The fraction of sp³-hybridized carbons (Fsp3) is 0.167. The van der Waals surface area contributed by atoms with Gasteiger partial charge in [0.15, 0.2) is 0 Å². The Labute approximate surface area is 103 Å². The van der Waals surface area contributed by atoms with Crippen LogP contribution in [0.1, 0.15) is 21.7 Å². The number of nitrogen functional groups attached to an aromatic ring is 1. The summed E-state index contributed by atoms with van der Waals surface area (Å²) < 4.78 is 13.0. The van der Waals surface area contributed by atoms with Crippen molar-refractivity contribution in [2.75, 3.05) is 11.1 Å². The van der Waals surface area contributed by atoms with Crippen LogP contribution in [0.2, 0.25) is 0 Å². The summed E-state index contributed by atoms with van der Waals surface area (Å²) in [5.74, 6) is -0.812. The Morgan fingerprint density at radius 1 is 1.44 bits per heavy atom. The summed E-state index contributed by atoms with van der Waals surface area (Å²) in [7, 11) is 0. The van der Waals surface area contributed by atoms with Gasteiger partial charge in [0.25, 0.3) is 5.91 Å². The second-order valence-electron chi connectivity index (χ2n) is 4.00. The van der Waals surface area contributed by atoms with Gasteiger partial charge in [-0.2, -0.15) is 5.10 Å². The number of hydrogen-bond acceptors (Lipinski definition) is 3. The quantitative estimate of drug-likeness (QED) is 0.711. The summed E-state index contributed by atoms with van der Waals surface area (Å²) >= 11 is 0. The largest absolute Gasteiger partial charge is 0.396 e. The van der Waals surface area contributed by atoms with E-state index in [1.807, 2.05) is 0 Å². The van der Waals surface area contributed by atoms with Gasteiger partial charge < -0.3 is 11.1 Å². The van der Waals surface area contributed by atoms with Crippen molar-refractivity contribution in [2.24, 2.45) is 0 Å². The molecule has 5 nitrogen and oxygen atoms in total. The third kappa shape index (κ3) is 2.17. The number of aryl methyl sites for hydroxylation is 2. The molecule has 4 N–H and O–H groups in total. The van der Waals surface area contributed by atoms with Gasteiger partial charge in [-0.15, -0.1) is 0 Å². The summed E-state index contributed by atoms with van der Waals surface area (Å²) in [6.45, 7) is 3.49. The van der Waals surface area contributed by atoms with Gasteiger partial charge in [0.05, 0.1) is 16.9 Å². The first-order valence-corrected chi connectivity index (χ1v) is 5.37. The molecule has 0 spiro atoms. The van der Waals surface area contributed by atoms with Crippen LogP contribution in [0, 0.1) is 19.7 Å². The molecular formula is C12H13FN4O. The number of nitrogens with two attached hydrogens (primary N) is 1. The smallest absolute Gasteiger partial charge is 0.259 e. The lowest BCUT2D eigenvalue weighted by atomic mass is 10.2. The molecule has 0 aliphatic carbocycles. The summed E-state index contributed by atoms with van der Waals surface area (Å²) in [5, 5.41) is 9.32. The van der Waals surface area contributed by atoms with E-state index in [9.17, 15) is 9.18 Å². The number of carbonyl (C=O) groups is 1. The van der Waals surface area contributed by atoms with Crippen LogP contribution in [-0.4, -0.2) is 16.1 Å². The van der Waals surface area contributed by atoms with Gasteiger partial charge >= 0.3 is 0 Å². The molecule has 0 aliphatic rings. The molecule has 6 heteroatoms. The molecule has 1 aromatic heterocycles. The fourth-order valence-electron chi connectivity index (χ4n) is 1.70. The molecule has 0 bridgehead atoms. The summed E-state index contributed by atoms with van der Waals surface area (Å²) in [5.41, 5.74) is 7.64. The number of halogens is 1. The predicted octanol–water partition coefficient (Wildman–Crippen LogP) is 2.00. The normalized spacial score (nSPS) is 10.4. The molecule has 18 heavy (non-hydrogen) atoms. The Hall–Kier alpha value is -2.37. The summed E-state index contributed by atoms with van der Waals surface area (Å²) in [4.78, 5) is 12.0. The zero-order valence-corrected chi connectivity index (χ0v) is 10.0. The number of aromatic nitrogens is 2. The topological polar surface area (TPSA) is 83.8 Å². The number of nitrogens with zero attached hydrogens (tertiary/aromatic N) is 1. The molecule has 0 saturated carbocycles. The molecule has 0 unspecified atom stereocenters. The van der Waals surface area contributed by atoms with Crippen molar-refractivity contribution in [2.45, 2.75) is 13.8 Å². The zero-order valence-electron chi connectivity index (χ0n) is 10.0. The fourth-order valence-corrected chi connectivity index (χ4v) is 1.70. The van der Waals surface area contributed by atoms with Crippen LogP contribution in [-0.2, 0) is 0 Å². The van der Waals surface area contributed by atoms with Gasteiger partial charge in [0.1, 0.15) is 5.82 Å². The maximum atomic E-state index is 13.0. The molecule has 1 aromatic carbocycles. The minimum absolute atomic E-state index is 0.00608. The second kappa shape index (κ2) is 4.48. The van der Waals surface area contributed by atoms with Gasteiger partial charge in [0.2, 0.25) is 0 Å². The highest BCUT2D eigenvalue weighted by atomic mass is 19.1. The minimum atomic E-state index is -0.510. The second-order valence-corrected chi connectivity index (χ2v) is 4.00. The van der Waals surface area contributed by atoms with Crippen molar-refractivity contribution in [3.05, 3.63) is 41.0 Å². The van der Waals surface area contributed by atoms with Gasteiger partial charge in [0, 0.05) is 11.4 Å². The number of benzene rings is 1. The maximum Gasteiger partial charge on any atom is 0.259 e. The van der Waals surface area contributed by atoms with E-state index in [0.717, 1.165) is 0 Å². The van der Waals surface area contributed by atoms with Crippen LogP contribution in [0.15, 0.2) is 18.2 Å². The van der Waals surface area contributed by atoms with Crippen LogP contribution >= 0.6 is 0 Å². The summed E-state index contributed by atoms with van der Waals surface area (Å²) in [6, 6.07) is 4.03. The number of carbonyl (C=O) groups excluding carboxylic acids is 1. The van der Waals surface area contributed by atoms with Gasteiger partial charge in [-0.25, -0.2) is 4.39 Å². The molecule has 1 amide bonds. The average molecular weight is 248 g/mol. The highest BCUT2D eigenvalue weighted by Gasteiger charge is 2.15. The van der Waals surface area contributed by atoms with Crippen molar-refractivity contribution in [3.63, 3.8) is 0 Å². The molecule has 1 heterocycles. The average Bonchev–Trinajstić information content (AvgIpc) is 2.64. The summed E-state index contributed by atoms with van der Waals surface area (Å²) in [6.07, 6.45) is 0. The molecule has 0 atom stereocenters. The Morgan fingerprint density at radius 3 is 2.72 bits per heavy atom. The Bertz CT molecular complexity index is 587. The minimum Gasteiger partial charge on any atom is -0.396 e. The lowest BCUT2D eigenvalue weighted by molar-refractivity contribution is 0.102. The van der Waals surface area contributed by atoms with Gasteiger partial charge in [-0.1, -0.05) is 0 Å². The van der Waals surface area contributed by atoms with E-state index in [1.54, 1.807) is 13.8 Å². The molecule has 0 fully saturated rings. The van der Waals surface area contributed by atoms with E-state index in [4.69, 9.17) is 5.73 Å². The van der Waals surface area contributed by atoms with E-state index >= 15 is 0 Å². The van der Waals surface area contributed by atoms with Gasteiger partial charge in [-0.05, 0) is 32.0 Å². The monoisotopic (exact) mass is 248 g/mol. The molecular weight excluding hydrogens is 235 g/mol. The number of nitrogens with one attached hydrogen (secondary N) is 2. The van der Waals surface area contributed by atoms with Crippen LogP contribution in [0.25, 0.3) is 0 Å². The number of hydrogen-bond donors (Lipinski definition) is 3. The zero-order chi connectivity index (χ0) is 13.3. The van der Waals surface area contributed by atoms with Crippen molar-refractivity contribution in [3.8, 4) is 0 Å². The van der Waals surface area contributed by atoms with Crippen molar-refractivity contribution in [1.82, 2.24) is 10.2 Å². The lowest BCUT2D eigenvalue weighted by Gasteiger charge is -2.06. The van der Waals surface area contributed by atoms with Crippen molar-refractivity contribution >= 4 is 17.3 Å². The van der Waals surface area contributed by atoms with E-state index in [0.29, 0.717) is 22.6 Å². The number of amides is 1. The first kappa shape index (κ1) is 12.1.